The molecule has 2 aromatic carbocycles. The Morgan fingerprint density at radius 1 is 1.06 bits per heavy atom. The average Bonchev–Trinajstić information content (AvgIpc) is 2.74. The van der Waals surface area contributed by atoms with E-state index in [1.54, 1.807) is 39.0 Å². The minimum Gasteiger partial charge on any atom is -0.361 e. The lowest BCUT2D eigenvalue weighted by molar-refractivity contribution is -0.163. The van der Waals surface area contributed by atoms with Gasteiger partial charge in [0.1, 0.15) is 12.7 Å². The van der Waals surface area contributed by atoms with Crippen molar-refractivity contribution in [2.75, 3.05) is 12.4 Å². The number of hydrogen-bond donors (Lipinski definition) is 0. The van der Waals surface area contributed by atoms with Crippen molar-refractivity contribution in [2.45, 2.75) is 63.5 Å². The van der Waals surface area contributed by atoms with Crippen LogP contribution in [0.2, 0.25) is 10.0 Å². The van der Waals surface area contributed by atoms with Crippen molar-refractivity contribution in [1.82, 2.24) is 4.90 Å². The maximum absolute atomic E-state index is 13.2. The molecule has 33 heavy (non-hydrogen) atoms. The highest BCUT2D eigenvalue weighted by Gasteiger charge is 2.42. The highest BCUT2D eigenvalue weighted by molar-refractivity contribution is 7.92. The van der Waals surface area contributed by atoms with Crippen LogP contribution in [-0.2, 0) is 19.4 Å². The molecule has 5 nitrogen and oxygen atoms in total. The van der Waals surface area contributed by atoms with Gasteiger partial charge in [0.15, 0.2) is 9.84 Å². The molecule has 0 N–H and O–H groups in total. The van der Waals surface area contributed by atoms with Crippen molar-refractivity contribution in [3.05, 3.63) is 69.7 Å². The summed E-state index contributed by atoms with van der Waals surface area (Å²) in [4.78, 5) is 15.0. The van der Waals surface area contributed by atoms with E-state index < -0.39 is 26.7 Å². The number of carbonyl (C=O) groups excluding carboxylic acids is 1. The fourth-order valence-electron chi connectivity index (χ4n) is 4.15. The Morgan fingerprint density at radius 2 is 1.73 bits per heavy atom. The molecule has 0 spiro atoms. The van der Waals surface area contributed by atoms with Gasteiger partial charge >= 0.3 is 0 Å². The molecule has 2 aromatic rings. The molecule has 0 bridgehead atoms. The topological polar surface area (TPSA) is 63.7 Å². The van der Waals surface area contributed by atoms with Crippen molar-refractivity contribution in [1.29, 1.82) is 0 Å². The lowest BCUT2D eigenvalue weighted by Crippen LogP contribution is -2.51. The van der Waals surface area contributed by atoms with Gasteiger partial charge in [-0.05, 0) is 69.0 Å². The number of carbonyl (C=O) groups is 1. The van der Waals surface area contributed by atoms with Crippen LogP contribution in [0, 0.1) is 0 Å². The Labute approximate surface area is 206 Å². The number of amides is 1. The Balaban J connectivity index is 2.03. The molecule has 180 valence electrons. The number of morpholine rings is 1. The summed E-state index contributed by atoms with van der Waals surface area (Å²) in [5.74, 6) is -0.150. The van der Waals surface area contributed by atoms with E-state index in [9.17, 15) is 13.2 Å². The van der Waals surface area contributed by atoms with Crippen LogP contribution in [0.1, 0.15) is 63.8 Å². The summed E-state index contributed by atoms with van der Waals surface area (Å²) < 4.78 is 30.8. The minimum atomic E-state index is -3.32. The van der Waals surface area contributed by atoms with Crippen LogP contribution in [-0.4, -0.2) is 42.4 Å². The summed E-state index contributed by atoms with van der Waals surface area (Å²) in [5.41, 5.74) is 1.73. The third kappa shape index (κ3) is 5.91. The van der Waals surface area contributed by atoms with Gasteiger partial charge < -0.3 is 9.64 Å². The number of nitrogens with zero attached hydrogens (tertiary/aromatic N) is 1. The van der Waals surface area contributed by atoms with Crippen molar-refractivity contribution in [2.24, 2.45) is 0 Å². The third-order valence-electron chi connectivity index (χ3n) is 6.17. The molecule has 1 amide bonds. The largest absolute Gasteiger partial charge is 0.361 e. The molecule has 3 atom stereocenters. The highest BCUT2D eigenvalue weighted by Crippen LogP contribution is 2.43. The molecular weight excluding hydrogens is 481 g/mol. The van der Waals surface area contributed by atoms with E-state index in [2.05, 4.69) is 0 Å². The first-order valence-corrected chi connectivity index (χ1v) is 13.5. The van der Waals surface area contributed by atoms with E-state index in [1.807, 2.05) is 42.2 Å². The lowest BCUT2D eigenvalue weighted by Gasteiger charge is -2.45. The standard InChI is InChI=1S/C25H31Cl2NO4S/c1-5-21(13-14-33(30,31)25(2,3)4)28-22(29)16-32-24(18-7-6-8-20(27)15-18)23(28)17-9-11-19(26)12-10-17/h6-12,15,21,23-24H,5,13-14,16H2,1-4H3/t21-,23?,24?/m0/s1. The quantitative estimate of drug-likeness (QED) is 0.456. The van der Waals surface area contributed by atoms with Gasteiger partial charge in [0.25, 0.3) is 0 Å². The van der Waals surface area contributed by atoms with E-state index in [1.165, 1.54) is 0 Å². The van der Waals surface area contributed by atoms with Crippen LogP contribution < -0.4 is 0 Å². The average molecular weight is 512 g/mol. The molecule has 1 heterocycles. The fourth-order valence-corrected chi connectivity index (χ4v) is 5.67. The van der Waals surface area contributed by atoms with Crippen molar-refractivity contribution >= 4 is 38.9 Å². The Hall–Kier alpha value is -1.60. The molecule has 0 radical (unpaired) electrons. The summed E-state index contributed by atoms with van der Waals surface area (Å²) >= 11 is 12.4. The first kappa shape index (κ1) is 26.0. The van der Waals surface area contributed by atoms with Crippen molar-refractivity contribution in [3.8, 4) is 0 Å². The van der Waals surface area contributed by atoms with Gasteiger partial charge in [0.05, 0.1) is 16.5 Å². The van der Waals surface area contributed by atoms with Crippen LogP contribution in [0.25, 0.3) is 0 Å². The van der Waals surface area contributed by atoms with Crippen LogP contribution >= 0.6 is 23.2 Å². The van der Waals surface area contributed by atoms with Crippen LogP contribution in [0.3, 0.4) is 0 Å². The predicted octanol–water partition coefficient (Wildman–Crippen LogP) is 6.02. The first-order chi connectivity index (χ1) is 15.4. The van der Waals surface area contributed by atoms with Crippen LogP contribution in [0.4, 0.5) is 0 Å². The number of ether oxygens (including phenoxy) is 1. The summed E-state index contributed by atoms with van der Waals surface area (Å²) in [6.07, 6.45) is 0.530. The van der Waals surface area contributed by atoms with E-state index in [0.29, 0.717) is 22.9 Å². The first-order valence-electron chi connectivity index (χ1n) is 11.1. The maximum Gasteiger partial charge on any atom is 0.249 e. The number of benzene rings is 2. The van der Waals surface area contributed by atoms with Crippen LogP contribution in [0.15, 0.2) is 48.5 Å². The molecule has 1 saturated heterocycles. The zero-order valence-corrected chi connectivity index (χ0v) is 21.8. The Morgan fingerprint density at radius 3 is 2.30 bits per heavy atom. The molecule has 3 rings (SSSR count). The normalized spacial score (nSPS) is 20.7. The third-order valence-corrected chi connectivity index (χ3v) is 9.29. The molecular formula is C25H31Cl2NO4S. The summed E-state index contributed by atoms with van der Waals surface area (Å²) in [6, 6.07) is 14.1. The summed E-state index contributed by atoms with van der Waals surface area (Å²) in [5, 5.41) is 1.17. The zero-order valence-electron chi connectivity index (χ0n) is 19.4. The molecule has 2 unspecified atom stereocenters. The van der Waals surface area contributed by atoms with E-state index >= 15 is 0 Å². The lowest BCUT2D eigenvalue weighted by atomic mass is 9.90. The van der Waals surface area contributed by atoms with Crippen molar-refractivity contribution < 1.29 is 17.9 Å². The number of halogens is 2. The van der Waals surface area contributed by atoms with Crippen molar-refractivity contribution in [3.63, 3.8) is 0 Å². The molecule has 0 saturated carbocycles. The fraction of sp³-hybridized carbons (Fsp3) is 0.480. The van der Waals surface area contributed by atoms with Gasteiger partial charge in [0.2, 0.25) is 5.91 Å². The zero-order chi connectivity index (χ0) is 24.4. The second-order valence-electron chi connectivity index (χ2n) is 9.37. The van der Waals surface area contributed by atoms with Crippen LogP contribution in [0.5, 0.6) is 0 Å². The maximum atomic E-state index is 13.2. The second-order valence-corrected chi connectivity index (χ2v) is 13.1. The molecule has 1 fully saturated rings. The number of sulfone groups is 1. The Kier molecular flexibility index (Phi) is 8.15. The Bertz CT molecular complexity index is 1080. The van der Waals surface area contributed by atoms with E-state index in [-0.39, 0.29) is 24.3 Å². The SMILES string of the molecule is CC[C@@H](CCS(=O)(=O)C(C)(C)C)N1C(=O)COC(c2cccc(Cl)c2)C1c1ccc(Cl)cc1. The monoisotopic (exact) mass is 511 g/mol. The van der Waals surface area contributed by atoms with E-state index in [0.717, 1.165) is 11.1 Å². The van der Waals surface area contributed by atoms with Gasteiger partial charge in [-0.2, -0.15) is 0 Å². The molecule has 8 heteroatoms. The number of hydrogen-bond acceptors (Lipinski definition) is 4. The van der Waals surface area contributed by atoms with Gasteiger partial charge in [0, 0.05) is 16.1 Å². The molecule has 0 aromatic heterocycles. The smallest absolute Gasteiger partial charge is 0.249 e. The molecule has 1 aliphatic rings. The second kappa shape index (κ2) is 10.3. The molecule has 0 aliphatic carbocycles. The highest BCUT2D eigenvalue weighted by atomic mass is 35.5. The number of rotatable bonds is 7. The summed E-state index contributed by atoms with van der Waals surface area (Å²) in [6.45, 7) is 7.01. The van der Waals surface area contributed by atoms with Gasteiger partial charge in [-0.25, -0.2) is 8.42 Å². The van der Waals surface area contributed by atoms with E-state index in [4.69, 9.17) is 27.9 Å². The molecule has 1 aliphatic heterocycles. The van der Waals surface area contributed by atoms with Gasteiger partial charge in [-0.3, -0.25) is 4.79 Å². The van der Waals surface area contributed by atoms with Gasteiger partial charge in [-0.15, -0.1) is 0 Å². The minimum absolute atomic E-state index is 0.00874. The van der Waals surface area contributed by atoms with Gasteiger partial charge in [-0.1, -0.05) is 54.4 Å². The predicted molar refractivity (Wildman–Crippen MR) is 133 cm³/mol. The summed E-state index contributed by atoms with van der Waals surface area (Å²) in [7, 11) is -3.32.